The molecule has 0 amide bonds. The van der Waals surface area contributed by atoms with Crippen LogP contribution in [0.15, 0.2) is 18.5 Å². The van der Waals surface area contributed by atoms with Crippen LogP contribution < -0.4 is 10.1 Å². The largest absolute Gasteiger partial charge is 0.493 e. The van der Waals surface area contributed by atoms with Crippen molar-refractivity contribution < 1.29 is 4.74 Å². The van der Waals surface area contributed by atoms with Gasteiger partial charge in [-0.1, -0.05) is 13.8 Å². The van der Waals surface area contributed by atoms with Crippen LogP contribution in [0.4, 0.5) is 0 Å². The highest BCUT2D eigenvalue weighted by atomic mass is 16.5. The standard InChI is InChI=1S/C13H20N2O/c1-10(2)9-16-13-5-6-14-7-11(13)8-15-12-3-4-12/h5-7,10,12,15H,3-4,8-9H2,1-2H3. The van der Waals surface area contributed by atoms with E-state index in [1.807, 2.05) is 12.3 Å². The predicted octanol–water partition coefficient (Wildman–Crippen LogP) is 2.37. The summed E-state index contributed by atoms with van der Waals surface area (Å²) in [5.74, 6) is 1.52. The molecule has 0 radical (unpaired) electrons. The van der Waals surface area contributed by atoms with E-state index < -0.39 is 0 Å². The second-order valence-corrected chi connectivity index (χ2v) is 4.84. The van der Waals surface area contributed by atoms with Gasteiger partial charge in [-0.05, 0) is 24.8 Å². The Hall–Kier alpha value is -1.09. The number of ether oxygens (including phenoxy) is 1. The molecule has 3 nitrogen and oxygen atoms in total. The summed E-state index contributed by atoms with van der Waals surface area (Å²) in [6.07, 6.45) is 6.30. The zero-order valence-corrected chi connectivity index (χ0v) is 10.1. The van der Waals surface area contributed by atoms with Crippen LogP contribution >= 0.6 is 0 Å². The minimum Gasteiger partial charge on any atom is -0.493 e. The summed E-state index contributed by atoms with van der Waals surface area (Å²) in [5, 5.41) is 3.48. The third-order valence-corrected chi connectivity index (χ3v) is 2.59. The Morgan fingerprint density at radius 2 is 2.31 bits per heavy atom. The molecule has 0 atom stereocenters. The van der Waals surface area contributed by atoms with Gasteiger partial charge >= 0.3 is 0 Å². The fourth-order valence-corrected chi connectivity index (χ4v) is 1.49. The van der Waals surface area contributed by atoms with E-state index in [1.165, 1.54) is 12.8 Å². The molecule has 0 saturated heterocycles. The highest BCUT2D eigenvalue weighted by Gasteiger charge is 2.20. The molecule has 1 heterocycles. The molecule has 1 aliphatic carbocycles. The maximum absolute atomic E-state index is 5.77. The average Bonchev–Trinajstić information content (AvgIpc) is 3.08. The van der Waals surface area contributed by atoms with Crippen molar-refractivity contribution in [3.8, 4) is 5.75 Å². The third-order valence-electron chi connectivity index (χ3n) is 2.59. The number of pyridine rings is 1. The highest BCUT2D eigenvalue weighted by molar-refractivity contribution is 5.30. The quantitative estimate of drug-likeness (QED) is 0.799. The second kappa shape index (κ2) is 5.30. The van der Waals surface area contributed by atoms with Crippen LogP contribution in [0.5, 0.6) is 5.75 Å². The van der Waals surface area contributed by atoms with Gasteiger partial charge in [0.05, 0.1) is 6.61 Å². The molecule has 1 fully saturated rings. The Bertz CT molecular complexity index is 309. The van der Waals surface area contributed by atoms with E-state index in [0.29, 0.717) is 5.92 Å². The lowest BCUT2D eigenvalue weighted by molar-refractivity contribution is 0.267. The Kier molecular flexibility index (Phi) is 3.78. The summed E-state index contributed by atoms with van der Waals surface area (Å²) in [6, 6.07) is 2.67. The molecule has 0 unspecified atom stereocenters. The first-order valence-corrected chi connectivity index (χ1v) is 6.05. The van der Waals surface area contributed by atoms with Crippen molar-refractivity contribution in [1.82, 2.24) is 10.3 Å². The van der Waals surface area contributed by atoms with Crippen LogP contribution in [0, 0.1) is 5.92 Å². The number of hydrogen-bond acceptors (Lipinski definition) is 3. The highest BCUT2D eigenvalue weighted by Crippen LogP contribution is 2.22. The normalized spacial score (nSPS) is 15.4. The van der Waals surface area contributed by atoms with Gasteiger partial charge < -0.3 is 10.1 Å². The van der Waals surface area contributed by atoms with Crippen LogP contribution in [-0.2, 0) is 6.54 Å². The molecule has 0 aromatic carbocycles. The molecule has 16 heavy (non-hydrogen) atoms. The van der Waals surface area contributed by atoms with Crippen LogP contribution in [0.2, 0.25) is 0 Å². The van der Waals surface area contributed by atoms with Gasteiger partial charge in [-0.25, -0.2) is 0 Å². The molecule has 3 heteroatoms. The van der Waals surface area contributed by atoms with E-state index in [1.54, 1.807) is 6.20 Å². The third kappa shape index (κ3) is 3.49. The van der Waals surface area contributed by atoms with Gasteiger partial charge in [0.1, 0.15) is 5.75 Å². The maximum atomic E-state index is 5.77. The van der Waals surface area contributed by atoms with Crippen molar-refractivity contribution in [1.29, 1.82) is 0 Å². The molecule has 1 aliphatic rings. The first kappa shape index (κ1) is 11.4. The van der Waals surface area contributed by atoms with Crippen molar-refractivity contribution >= 4 is 0 Å². The van der Waals surface area contributed by atoms with Gasteiger partial charge in [-0.2, -0.15) is 0 Å². The van der Waals surface area contributed by atoms with Crippen molar-refractivity contribution in [2.45, 2.75) is 39.3 Å². The molecule has 1 aromatic rings. The van der Waals surface area contributed by atoms with E-state index in [9.17, 15) is 0 Å². The summed E-state index contributed by atoms with van der Waals surface area (Å²) < 4.78 is 5.77. The van der Waals surface area contributed by atoms with E-state index in [2.05, 4.69) is 24.1 Å². The summed E-state index contributed by atoms with van der Waals surface area (Å²) in [5.41, 5.74) is 1.16. The average molecular weight is 220 g/mol. The van der Waals surface area contributed by atoms with E-state index in [-0.39, 0.29) is 0 Å². The smallest absolute Gasteiger partial charge is 0.126 e. The van der Waals surface area contributed by atoms with E-state index >= 15 is 0 Å². The zero-order valence-electron chi connectivity index (χ0n) is 10.1. The Morgan fingerprint density at radius 1 is 1.50 bits per heavy atom. The Morgan fingerprint density at radius 3 is 3.00 bits per heavy atom. The zero-order chi connectivity index (χ0) is 11.4. The molecule has 0 bridgehead atoms. The van der Waals surface area contributed by atoms with Gasteiger partial charge in [0.15, 0.2) is 0 Å². The lowest BCUT2D eigenvalue weighted by atomic mass is 10.2. The van der Waals surface area contributed by atoms with Crippen LogP contribution in [-0.4, -0.2) is 17.6 Å². The number of rotatable bonds is 6. The summed E-state index contributed by atoms with van der Waals surface area (Å²) in [4.78, 5) is 4.15. The summed E-state index contributed by atoms with van der Waals surface area (Å²) in [6.45, 7) is 5.94. The fourth-order valence-electron chi connectivity index (χ4n) is 1.49. The number of hydrogen-bond donors (Lipinski definition) is 1. The van der Waals surface area contributed by atoms with Crippen LogP contribution in [0.3, 0.4) is 0 Å². The van der Waals surface area contributed by atoms with Crippen LogP contribution in [0.25, 0.3) is 0 Å². The van der Waals surface area contributed by atoms with Crippen molar-refractivity contribution in [2.24, 2.45) is 5.92 Å². The van der Waals surface area contributed by atoms with Crippen molar-refractivity contribution in [2.75, 3.05) is 6.61 Å². The first-order valence-electron chi connectivity index (χ1n) is 6.05. The molecule has 1 aromatic heterocycles. The van der Waals surface area contributed by atoms with Crippen LogP contribution in [0.1, 0.15) is 32.3 Å². The second-order valence-electron chi connectivity index (χ2n) is 4.84. The number of aromatic nitrogens is 1. The van der Waals surface area contributed by atoms with E-state index in [4.69, 9.17) is 4.74 Å². The van der Waals surface area contributed by atoms with E-state index in [0.717, 1.165) is 30.5 Å². The maximum Gasteiger partial charge on any atom is 0.126 e. The minimum absolute atomic E-state index is 0.553. The molecule has 2 rings (SSSR count). The number of nitrogens with zero attached hydrogens (tertiary/aromatic N) is 1. The molecule has 1 saturated carbocycles. The van der Waals surface area contributed by atoms with Crippen molar-refractivity contribution in [3.05, 3.63) is 24.0 Å². The molecule has 1 N–H and O–H groups in total. The predicted molar refractivity (Wildman–Crippen MR) is 64.4 cm³/mol. The lowest BCUT2D eigenvalue weighted by Crippen LogP contribution is -2.16. The minimum atomic E-state index is 0.553. The van der Waals surface area contributed by atoms with Crippen molar-refractivity contribution in [3.63, 3.8) is 0 Å². The summed E-state index contributed by atoms with van der Waals surface area (Å²) >= 11 is 0. The topological polar surface area (TPSA) is 34.1 Å². The molecular weight excluding hydrogens is 200 g/mol. The molecule has 88 valence electrons. The van der Waals surface area contributed by atoms with Gasteiger partial charge in [-0.3, -0.25) is 4.98 Å². The number of nitrogens with one attached hydrogen (secondary N) is 1. The van der Waals surface area contributed by atoms with Gasteiger partial charge in [0, 0.05) is 30.5 Å². The van der Waals surface area contributed by atoms with Gasteiger partial charge in [0.25, 0.3) is 0 Å². The Labute approximate surface area is 97.2 Å². The van der Waals surface area contributed by atoms with Gasteiger partial charge in [-0.15, -0.1) is 0 Å². The monoisotopic (exact) mass is 220 g/mol. The Balaban J connectivity index is 1.92. The lowest BCUT2D eigenvalue weighted by Gasteiger charge is -2.12. The fraction of sp³-hybridized carbons (Fsp3) is 0.615. The van der Waals surface area contributed by atoms with Gasteiger partial charge in [0.2, 0.25) is 0 Å². The summed E-state index contributed by atoms with van der Waals surface area (Å²) in [7, 11) is 0. The SMILES string of the molecule is CC(C)COc1ccncc1CNC1CC1. The molecular formula is C13H20N2O. The molecule has 0 aliphatic heterocycles. The molecule has 0 spiro atoms. The first-order chi connectivity index (χ1) is 7.75.